The van der Waals surface area contributed by atoms with Crippen LogP contribution in [0.4, 0.5) is 13.2 Å². The van der Waals surface area contributed by atoms with Crippen LogP contribution >= 0.6 is 0 Å². The Morgan fingerprint density at radius 1 is 1.10 bits per heavy atom. The van der Waals surface area contributed by atoms with E-state index in [4.69, 9.17) is 4.74 Å². The van der Waals surface area contributed by atoms with Crippen molar-refractivity contribution < 1.29 is 22.7 Å². The standard InChI is InChI=1S/C27H29F3N6O3/c1-26(2,3)39-24(37)21-14-32-22(33(21)4)16-34-13-11-19(15-34)36-23-20(6-5-12-31-23)35(25(36)38)18-9-7-17(8-10-18)27(28,29)30/h5-10,12,14,19H,11,13,15-16H2,1-4H3/t19-/m0/s1. The van der Waals surface area contributed by atoms with Gasteiger partial charge in [-0.3, -0.25) is 14.0 Å². The fourth-order valence-corrected chi connectivity index (χ4v) is 4.91. The summed E-state index contributed by atoms with van der Waals surface area (Å²) in [5, 5.41) is 0. The number of rotatable bonds is 5. The summed E-state index contributed by atoms with van der Waals surface area (Å²) >= 11 is 0. The highest BCUT2D eigenvalue weighted by atomic mass is 19.4. The molecule has 39 heavy (non-hydrogen) atoms. The first-order valence-electron chi connectivity index (χ1n) is 12.6. The summed E-state index contributed by atoms with van der Waals surface area (Å²) < 4.78 is 49.4. The van der Waals surface area contributed by atoms with E-state index in [1.807, 2.05) is 0 Å². The van der Waals surface area contributed by atoms with E-state index >= 15 is 0 Å². The quantitative estimate of drug-likeness (QED) is 0.349. The highest BCUT2D eigenvalue weighted by Gasteiger charge is 2.32. The predicted molar refractivity (Wildman–Crippen MR) is 138 cm³/mol. The molecule has 0 amide bonds. The minimum absolute atomic E-state index is 0.198. The molecule has 1 fully saturated rings. The summed E-state index contributed by atoms with van der Waals surface area (Å²) in [6.45, 7) is 7.10. The maximum absolute atomic E-state index is 13.6. The molecule has 206 valence electrons. The van der Waals surface area contributed by atoms with Crippen LogP contribution < -0.4 is 5.69 Å². The van der Waals surface area contributed by atoms with Gasteiger partial charge in [0, 0.05) is 26.3 Å². The smallest absolute Gasteiger partial charge is 0.416 e. The molecule has 0 saturated carbocycles. The van der Waals surface area contributed by atoms with Gasteiger partial charge in [-0.1, -0.05) is 0 Å². The van der Waals surface area contributed by atoms with Gasteiger partial charge in [0.1, 0.15) is 17.1 Å². The van der Waals surface area contributed by atoms with Gasteiger partial charge in [-0.25, -0.2) is 19.6 Å². The Labute approximate surface area is 222 Å². The van der Waals surface area contributed by atoms with Crippen LogP contribution in [-0.2, 0) is 24.5 Å². The van der Waals surface area contributed by atoms with Gasteiger partial charge >= 0.3 is 17.8 Å². The molecule has 1 aliphatic rings. The molecule has 1 atom stereocenters. The van der Waals surface area contributed by atoms with Gasteiger partial charge in [-0.15, -0.1) is 0 Å². The summed E-state index contributed by atoms with van der Waals surface area (Å²) in [7, 11) is 1.77. The lowest BCUT2D eigenvalue weighted by Crippen LogP contribution is -2.29. The molecule has 9 nitrogen and oxygen atoms in total. The average Bonchev–Trinajstić information content (AvgIpc) is 3.53. The molecule has 1 saturated heterocycles. The van der Waals surface area contributed by atoms with E-state index in [9.17, 15) is 22.8 Å². The summed E-state index contributed by atoms with van der Waals surface area (Å²) in [5.74, 6) is 0.242. The molecule has 0 bridgehead atoms. The molecule has 0 aliphatic carbocycles. The fraction of sp³-hybridized carbons (Fsp3) is 0.407. The maximum atomic E-state index is 13.6. The molecule has 0 N–H and O–H groups in total. The number of ether oxygens (including phenoxy) is 1. The number of halogens is 3. The van der Waals surface area contributed by atoms with Crippen LogP contribution in [0.5, 0.6) is 0 Å². The van der Waals surface area contributed by atoms with Crippen LogP contribution in [0.3, 0.4) is 0 Å². The molecule has 5 rings (SSSR count). The third-order valence-corrected chi connectivity index (χ3v) is 6.76. The minimum atomic E-state index is -4.47. The summed E-state index contributed by atoms with van der Waals surface area (Å²) in [6.07, 6.45) is -0.698. The number of esters is 1. The maximum Gasteiger partial charge on any atom is 0.416 e. The lowest BCUT2D eigenvalue weighted by atomic mass is 10.2. The summed E-state index contributed by atoms with van der Waals surface area (Å²) in [6, 6.07) is 7.76. The molecule has 1 aliphatic heterocycles. The number of likely N-dealkylation sites (tertiary alicyclic amines) is 1. The Morgan fingerprint density at radius 2 is 1.82 bits per heavy atom. The Hall–Kier alpha value is -3.93. The molecule has 3 aromatic heterocycles. The zero-order valence-electron chi connectivity index (χ0n) is 22.1. The number of benzene rings is 1. The Morgan fingerprint density at radius 3 is 2.49 bits per heavy atom. The first-order valence-corrected chi connectivity index (χ1v) is 12.6. The molecule has 1 aromatic carbocycles. The van der Waals surface area contributed by atoms with Crippen molar-refractivity contribution >= 4 is 17.1 Å². The van der Waals surface area contributed by atoms with Crippen molar-refractivity contribution in [2.75, 3.05) is 13.1 Å². The monoisotopic (exact) mass is 542 g/mol. The largest absolute Gasteiger partial charge is 0.455 e. The van der Waals surface area contributed by atoms with Gasteiger partial charge in [0.2, 0.25) is 0 Å². The lowest BCUT2D eigenvalue weighted by molar-refractivity contribution is -0.137. The molecule has 0 unspecified atom stereocenters. The van der Waals surface area contributed by atoms with Crippen molar-refractivity contribution in [3.05, 3.63) is 76.4 Å². The second kappa shape index (κ2) is 9.67. The number of nitrogens with zero attached hydrogens (tertiary/aromatic N) is 6. The number of alkyl halides is 3. The number of carbonyl (C=O) groups is 1. The zero-order valence-corrected chi connectivity index (χ0v) is 22.1. The van der Waals surface area contributed by atoms with E-state index in [0.29, 0.717) is 54.4 Å². The first kappa shape index (κ1) is 26.7. The number of hydrogen-bond donors (Lipinski definition) is 0. The Bertz CT molecular complexity index is 1580. The second-order valence-corrected chi connectivity index (χ2v) is 10.7. The van der Waals surface area contributed by atoms with Crippen LogP contribution in [-0.4, -0.2) is 53.2 Å². The molecule has 12 heteroatoms. The van der Waals surface area contributed by atoms with Crippen LogP contribution in [0.25, 0.3) is 16.9 Å². The van der Waals surface area contributed by atoms with Crippen molar-refractivity contribution in [1.82, 2.24) is 28.6 Å². The van der Waals surface area contributed by atoms with E-state index in [-0.39, 0.29) is 11.7 Å². The van der Waals surface area contributed by atoms with Crippen LogP contribution in [0.2, 0.25) is 0 Å². The van der Waals surface area contributed by atoms with Crippen molar-refractivity contribution in [3.63, 3.8) is 0 Å². The topological polar surface area (TPSA) is 87.2 Å². The van der Waals surface area contributed by atoms with Crippen molar-refractivity contribution in [2.45, 2.75) is 51.6 Å². The molecule has 0 spiro atoms. The van der Waals surface area contributed by atoms with E-state index in [0.717, 1.165) is 12.1 Å². The number of fused-ring (bicyclic) bond motifs is 1. The molecular formula is C27H29F3N6O3. The SMILES string of the molecule is Cn1c(C(=O)OC(C)(C)C)cnc1CN1CC[C@H](n2c(=O)n(-c3ccc(C(F)(F)F)cc3)c3cccnc32)C1. The molecule has 4 aromatic rings. The minimum Gasteiger partial charge on any atom is -0.455 e. The normalized spacial score (nSPS) is 16.7. The summed E-state index contributed by atoms with van der Waals surface area (Å²) in [5.41, 5.74) is -0.0793. The van der Waals surface area contributed by atoms with E-state index in [1.54, 1.807) is 55.3 Å². The molecule has 4 heterocycles. The number of aromatic nitrogens is 5. The highest BCUT2D eigenvalue weighted by molar-refractivity contribution is 5.87. The van der Waals surface area contributed by atoms with Crippen LogP contribution in [0, 0.1) is 0 Å². The fourth-order valence-electron chi connectivity index (χ4n) is 4.91. The number of hydrogen-bond acceptors (Lipinski definition) is 6. The van der Waals surface area contributed by atoms with Crippen molar-refractivity contribution in [3.8, 4) is 5.69 Å². The predicted octanol–water partition coefficient (Wildman–Crippen LogP) is 4.34. The zero-order chi connectivity index (χ0) is 28.1. The van der Waals surface area contributed by atoms with E-state index in [1.165, 1.54) is 22.9 Å². The third kappa shape index (κ3) is 5.20. The van der Waals surface area contributed by atoms with E-state index < -0.39 is 23.3 Å². The highest BCUT2D eigenvalue weighted by Crippen LogP contribution is 2.31. The average molecular weight is 543 g/mol. The lowest BCUT2D eigenvalue weighted by Gasteiger charge is -2.20. The molecular weight excluding hydrogens is 513 g/mol. The Balaban J connectivity index is 1.40. The number of carbonyl (C=O) groups excluding carboxylic acids is 1. The van der Waals surface area contributed by atoms with Gasteiger partial charge in [0.05, 0.1) is 35.6 Å². The Kier molecular flexibility index (Phi) is 6.61. The molecule has 0 radical (unpaired) electrons. The summed E-state index contributed by atoms with van der Waals surface area (Å²) in [4.78, 5) is 37.2. The first-order chi connectivity index (χ1) is 18.3. The van der Waals surface area contributed by atoms with Gasteiger partial charge in [0.15, 0.2) is 5.65 Å². The van der Waals surface area contributed by atoms with Crippen LogP contribution in [0.1, 0.15) is 55.1 Å². The van der Waals surface area contributed by atoms with Crippen LogP contribution in [0.15, 0.2) is 53.6 Å². The number of pyridine rings is 1. The number of imidazole rings is 2. The third-order valence-electron chi connectivity index (χ3n) is 6.76. The van der Waals surface area contributed by atoms with Gasteiger partial charge < -0.3 is 9.30 Å². The van der Waals surface area contributed by atoms with E-state index in [2.05, 4.69) is 14.9 Å². The van der Waals surface area contributed by atoms with Gasteiger partial charge in [-0.2, -0.15) is 13.2 Å². The van der Waals surface area contributed by atoms with Crippen molar-refractivity contribution in [2.24, 2.45) is 7.05 Å². The van der Waals surface area contributed by atoms with Crippen molar-refractivity contribution in [1.29, 1.82) is 0 Å². The van der Waals surface area contributed by atoms with Gasteiger partial charge in [0.25, 0.3) is 0 Å². The second-order valence-electron chi connectivity index (χ2n) is 10.7. The van der Waals surface area contributed by atoms with Gasteiger partial charge in [-0.05, 0) is 63.6 Å².